The van der Waals surface area contributed by atoms with Crippen molar-refractivity contribution in [1.29, 1.82) is 0 Å². The molecule has 4 aromatic heterocycles. The predicted molar refractivity (Wildman–Crippen MR) is 179 cm³/mol. The number of hydroxylamine groups is 2. The summed E-state index contributed by atoms with van der Waals surface area (Å²) in [5.74, 6) is -3.22. The number of hydrogen-bond donors (Lipinski definition) is 1. The van der Waals surface area contributed by atoms with Gasteiger partial charge in [0.2, 0.25) is 0 Å². The van der Waals surface area contributed by atoms with E-state index in [9.17, 15) is 50.6 Å². The second-order valence-corrected chi connectivity index (χ2v) is 11.8. The lowest BCUT2D eigenvalue weighted by atomic mass is 10.0. The van der Waals surface area contributed by atoms with Gasteiger partial charge in [-0.1, -0.05) is 43.8 Å². The predicted octanol–water partition coefficient (Wildman–Crippen LogP) is 7.44. The molecule has 0 aliphatic carbocycles. The number of imide groups is 1. The lowest BCUT2D eigenvalue weighted by molar-refractivity contribution is -0.172. The lowest BCUT2D eigenvalue weighted by Crippen LogP contribution is -2.32. The first kappa shape index (κ1) is 38.7. The van der Waals surface area contributed by atoms with Gasteiger partial charge in [0.25, 0.3) is 11.8 Å². The SMILES string of the molecule is C.O=C(O)c1cnn2cccc(Cc3ccc(C(F)(F)F)cc3)c12.O=C(ON1C(=O)CCC1=O)c1cnn2cccc(Cc3ccc(C(F)(F)F)cc3)c12. The number of amides is 2. The number of halogens is 6. The van der Waals surface area contributed by atoms with Gasteiger partial charge >= 0.3 is 24.3 Å². The molecule has 2 aromatic carbocycles. The van der Waals surface area contributed by atoms with Crippen LogP contribution in [-0.4, -0.2) is 53.2 Å². The number of pyridine rings is 2. The third-order valence-corrected chi connectivity index (χ3v) is 8.23. The molecule has 0 radical (unpaired) electrons. The molecular formula is C37H29F6N5O6. The molecule has 1 fully saturated rings. The average Bonchev–Trinajstić information content (AvgIpc) is 3.83. The lowest BCUT2D eigenvalue weighted by Gasteiger charge is -2.12. The summed E-state index contributed by atoms with van der Waals surface area (Å²) in [5.41, 5.74) is 2.00. The summed E-state index contributed by atoms with van der Waals surface area (Å²) in [4.78, 5) is 52.2. The molecular weight excluding hydrogens is 724 g/mol. The van der Waals surface area contributed by atoms with Crippen molar-refractivity contribution in [2.24, 2.45) is 0 Å². The Balaban J connectivity index is 0.000000211. The highest BCUT2D eigenvalue weighted by Crippen LogP contribution is 2.31. The minimum Gasteiger partial charge on any atom is -0.478 e. The van der Waals surface area contributed by atoms with Crippen molar-refractivity contribution in [3.8, 4) is 0 Å². The topological polar surface area (TPSA) is 136 Å². The Labute approximate surface area is 301 Å². The van der Waals surface area contributed by atoms with Crippen LogP contribution in [-0.2, 0) is 39.6 Å². The molecule has 0 bridgehead atoms. The van der Waals surface area contributed by atoms with Gasteiger partial charge in [0.15, 0.2) is 0 Å². The van der Waals surface area contributed by atoms with E-state index in [1.165, 1.54) is 45.7 Å². The van der Waals surface area contributed by atoms with Gasteiger partial charge in [-0.3, -0.25) is 9.59 Å². The number of nitrogens with zero attached hydrogens (tertiary/aromatic N) is 5. The van der Waals surface area contributed by atoms with Crippen molar-refractivity contribution in [1.82, 2.24) is 24.3 Å². The molecule has 1 aliphatic rings. The van der Waals surface area contributed by atoms with Crippen LogP contribution in [0.15, 0.2) is 97.6 Å². The van der Waals surface area contributed by atoms with E-state index in [4.69, 9.17) is 4.84 Å². The summed E-state index contributed by atoms with van der Waals surface area (Å²) < 4.78 is 78.9. The first-order valence-corrected chi connectivity index (χ1v) is 15.6. The van der Waals surface area contributed by atoms with E-state index in [1.807, 2.05) is 0 Å². The average molecular weight is 754 g/mol. The van der Waals surface area contributed by atoms with E-state index in [-0.39, 0.29) is 37.8 Å². The maximum Gasteiger partial charge on any atom is 0.416 e. The summed E-state index contributed by atoms with van der Waals surface area (Å²) in [6, 6.07) is 16.4. The smallest absolute Gasteiger partial charge is 0.416 e. The van der Waals surface area contributed by atoms with Crippen LogP contribution in [0.2, 0.25) is 0 Å². The fourth-order valence-electron chi connectivity index (χ4n) is 5.67. The molecule has 54 heavy (non-hydrogen) atoms. The normalized spacial score (nSPS) is 13.1. The fourth-order valence-corrected chi connectivity index (χ4v) is 5.67. The molecule has 1 saturated heterocycles. The van der Waals surface area contributed by atoms with Gasteiger partial charge in [-0.15, -0.1) is 5.06 Å². The van der Waals surface area contributed by atoms with Gasteiger partial charge in [-0.05, 0) is 71.5 Å². The van der Waals surface area contributed by atoms with Crippen LogP contribution in [0, 0.1) is 0 Å². The largest absolute Gasteiger partial charge is 0.478 e. The van der Waals surface area contributed by atoms with Crippen LogP contribution in [0.1, 0.15) is 74.4 Å². The Morgan fingerprint density at radius 2 is 1.07 bits per heavy atom. The molecule has 11 nitrogen and oxygen atoms in total. The Morgan fingerprint density at radius 3 is 1.48 bits per heavy atom. The van der Waals surface area contributed by atoms with Crippen LogP contribution in [0.3, 0.4) is 0 Å². The van der Waals surface area contributed by atoms with Crippen molar-refractivity contribution in [3.05, 3.63) is 142 Å². The Bertz CT molecular complexity index is 2330. The maximum atomic E-state index is 12.8. The molecule has 17 heteroatoms. The van der Waals surface area contributed by atoms with Gasteiger partial charge in [0, 0.05) is 25.2 Å². The number of aromatic carboxylic acids is 1. The molecule has 6 aromatic rings. The summed E-state index contributed by atoms with van der Waals surface area (Å²) >= 11 is 0. The van der Waals surface area contributed by atoms with Crippen LogP contribution in [0.5, 0.6) is 0 Å². The van der Waals surface area contributed by atoms with Gasteiger partial charge in [0.1, 0.15) is 11.1 Å². The number of hydrogen-bond acceptors (Lipinski definition) is 7. The van der Waals surface area contributed by atoms with Crippen LogP contribution in [0.4, 0.5) is 26.3 Å². The molecule has 1 aliphatic heterocycles. The maximum absolute atomic E-state index is 12.8. The third-order valence-electron chi connectivity index (χ3n) is 8.23. The molecule has 2 amide bonds. The molecule has 7 rings (SSSR count). The minimum absolute atomic E-state index is 0. The van der Waals surface area contributed by atoms with E-state index < -0.39 is 47.2 Å². The first-order valence-electron chi connectivity index (χ1n) is 15.6. The Kier molecular flexibility index (Phi) is 10.9. The molecule has 280 valence electrons. The minimum atomic E-state index is -4.43. The number of rotatable bonds is 7. The van der Waals surface area contributed by atoms with Crippen LogP contribution in [0.25, 0.3) is 11.0 Å². The van der Waals surface area contributed by atoms with Crippen molar-refractivity contribution in [3.63, 3.8) is 0 Å². The molecule has 1 N–H and O–H groups in total. The summed E-state index contributed by atoms with van der Waals surface area (Å²) in [7, 11) is 0. The van der Waals surface area contributed by atoms with Crippen molar-refractivity contribution < 1.29 is 55.5 Å². The second kappa shape index (κ2) is 15.2. The molecule has 0 atom stereocenters. The fraction of sp³-hybridized carbons (Fsp3) is 0.189. The Morgan fingerprint density at radius 1 is 0.667 bits per heavy atom. The summed E-state index contributed by atoms with van der Waals surface area (Å²) in [6.45, 7) is 0. The zero-order chi connectivity index (χ0) is 38.1. The molecule has 5 heterocycles. The zero-order valence-electron chi connectivity index (χ0n) is 27.1. The number of benzene rings is 2. The van der Waals surface area contributed by atoms with Gasteiger partial charge in [-0.2, -0.15) is 36.5 Å². The number of carbonyl (C=O) groups excluding carboxylic acids is 3. The summed E-state index contributed by atoms with van der Waals surface area (Å²) in [5, 5.41) is 17.7. The van der Waals surface area contributed by atoms with Crippen molar-refractivity contribution >= 4 is 34.8 Å². The number of fused-ring (bicyclic) bond motifs is 2. The molecule has 0 unspecified atom stereocenters. The standard InChI is InChI=1S/C20H14F3N3O4.C16H11F3N2O2.CH4/c21-20(22,23)14-5-3-12(4-6-14)10-13-2-1-9-25-18(13)15(11-24-25)19(29)30-26-16(27)7-8-17(26)28;17-16(18,19)12-5-3-10(4-6-12)8-11-2-1-7-21-14(11)13(9-20-21)15(22)23;/h1-6,9,11H,7-8,10H2;1-7,9H,8H2,(H,22,23);1H4. The highest BCUT2D eigenvalue weighted by Gasteiger charge is 2.34. The second-order valence-electron chi connectivity index (χ2n) is 11.8. The number of alkyl halides is 6. The number of aromatic nitrogens is 4. The molecule has 0 saturated carbocycles. The van der Waals surface area contributed by atoms with Crippen LogP contribution >= 0.6 is 0 Å². The third kappa shape index (κ3) is 8.24. The van der Waals surface area contributed by atoms with E-state index >= 15 is 0 Å². The van der Waals surface area contributed by atoms with E-state index in [0.717, 1.165) is 24.3 Å². The van der Waals surface area contributed by atoms with Gasteiger partial charge in [-0.25, -0.2) is 18.6 Å². The highest BCUT2D eigenvalue weighted by atomic mass is 19.4. The van der Waals surface area contributed by atoms with E-state index in [0.29, 0.717) is 44.8 Å². The zero-order valence-corrected chi connectivity index (χ0v) is 27.1. The number of carboxylic acid groups (broad SMARTS) is 1. The number of carboxylic acids is 1. The first-order chi connectivity index (χ1) is 25.1. The van der Waals surface area contributed by atoms with E-state index in [2.05, 4.69) is 10.2 Å². The van der Waals surface area contributed by atoms with Crippen molar-refractivity contribution in [2.75, 3.05) is 0 Å². The quantitative estimate of drug-likeness (QED) is 0.131. The highest BCUT2D eigenvalue weighted by molar-refractivity contribution is 6.04. The van der Waals surface area contributed by atoms with Gasteiger partial charge < -0.3 is 9.94 Å². The number of carbonyl (C=O) groups is 4. The monoisotopic (exact) mass is 753 g/mol. The van der Waals surface area contributed by atoms with Crippen LogP contribution < -0.4 is 0 Å². The van der Waals surface area contributed by atoms with Gasteiger partial charge in [0.05, 0.1) is 34.6 Å². The van der Waals surface area contributed by atoms with E-state index in [1.54, 1.807) is 36.7 Å². The van der Waals surface area contributed by atoms with Crippen molar-refractivity contribution in [2.45, 2.75) is 45.5 Å². The molecule has 0 spiro atoms. The summed E-state index contributed by atoms with van der Waals surface area (Å²) in [6.07, 6.45) is -2.59. The Hall–Kier alpha value is -6.52.